The normalized spacial score (nSPS) is 16.3. The van der Waals surface area contributed by atoms with Gasteiger partial charge in [0.15, 0.2) is 0 Å². The van der Waals surface area contributed by atoms with E-state index < -0.39 is 0 Å². The van der Waals surface area contributed by atoms with E-state index in [2.05, 4.69) is 42.3 Å². The Morgan fingerprint density at radius 2 is 2.05 bits per heavy atom. The monoisotopic (exact) mass is 276 g/mol. The number of ether oxygens (including phenoxy) is 1. The maximum Gasteiger partial charge on any atom is 0.119 e. The highest BCUT2D eigenvalue weighted by molar-refractivity contribution is 5.34. The number of hydrogen-bond acceptors (Lipinski definition) is 3. The Bertz CT molecular complexity index is 400. The molecular weight excluding hydrogens is 248 g/mol. The van der Waals surface area contributed by atoms with Gasteiger partial charge >= 0.3 is 0 Å². The summed E-state index contributed by atoms with van der Waals surface area (Å²) in [5.74, 6) is 1.01. The lowest BCUT2D eigenvalue weighted by atomic mass is 10.0. The lowest BCUT2D eigenvalue weighted by molar-refractivity contribution is 0.238. The van der Waals surface area contributed by atoms with Crippen molar-refractivity contribution in [2.24, 2.45) is 0 Å². The zero-order chi connectivity index (χ0) is 14.2. The fraction of sp³-hybridized carbons (Fsp3) is 0.647. The second-order valence-electron chi connectivity index (χ2n) is 5.63. The minimum absolute atomic E-state index is 0.807. The molecule has 112 valence electrons. The van der Waals surface area contributed by atoms with Crippen molar-refractivity contribution in [3.8, 4) is 5.75 Å². The summed E-state index contributed by atoms with van der Waals surface area (Å²) in [7, 11) is 0. The van der Waals surface area contributed by atoms with Crippen LogP contribution in [0.2, 0.25) is 0 Å². The molecule has 0 aliphatic carbocycles. The lowest BCUT2D eigenvalue weighted by Gasteiger charge is -2.27. The molecule has 1 aliphatic rings. The molecule has 0 spiro atoms. The first-order valence-electron chi connectivity index (χ1n) is 7.95. The van der Waals surface area contributed by atoms with Crippen molar-refractivity contribution in [3.63, 3.8) is 0 Å². The molecule has 20 heavy (non-hydrogen) atoms. The average molecular weight is 276 g/mol. The van der Waals surface area contributed by atoms with Crippen molar-refractivity contribution in [1.82, 2.24) is 10.2 Å². The van der Waals surface area contributed by atoms with Crippen molar-refractivity contribution >= 4 is 0 Å². The van der Waals surface area contributed by atoms with Crippen molar-refractivity contribution in [2.75, 3.05) is 39.3 Å². The summed E-state index contributed by atoms with van der Waals surface area (Å²) in [5, 5.41) is 3.40. The van der Waals surface area contributed by atoms with E-state index in [1.165, 1.54) is 43.6 Å². The highest BCUT2D eigenvalue weighted by atomic mass is 16.5. The average Bonchev–Trinajstić information content (AvgIpc) is 2.48. The molecule has 2 rings (SSSR count). The SMILES string of the molecule is CCCOc1ccc(CCCN2CCNCC2)c(C)c1. The summed E-state index contributed by atoms with van der Waals surface area (Å²) in [5.41, 5.74) is 2.82. The number of nitrogens with one attached hydrogen (secondary N) is 1. The molecule has 1 aliphatic heterocycles. The van der Waals surface area contributed by atoms with E-state index in [1.54, 1.807) is 0 Å². The van der Waals surface area contributed by atoms with Gasteiger partial charge in [-0.2, -0.15) is 0 Å². The van der Waals surface area contributed by atoms with Crippen LogP contribution >= 0.6 is 0 Å². The Morgan fingerprint density at radius 1 is 1.25 bits per heavy atom. The third-order valence-corrected chi connectivity index (χ3v) is 3.92. The van der Waals surface area contributed by atoms with Gasteiger partial charge in [0, 0.05) is 26.2 Å². The van der Waals surface area contributed by atoms with E-state index in [4.69, 9.17) is 4.74 Å². The second-order valence-corrected chi connectivity index (χ2v) is 5.63. The van der Waals surface area contributed by atoms with E-state index in [-0.39, 0.29) is 0 Å². The molecule has 0 aromatic heterocycles. The third-order valence-electron chi connectivity index (χ3n) is 3.92. The van der Waals surface area contributed by atoms with Crippen LogP contribution in [0.25, 0.3) is 0 Å². The number of nitrogens with zero attached hydrogens (tertiary/aromatic N) is 1. The fourth-order valence-corrected chi connectivity index (χ4v) is 2.69. The van der Waals surface area contributed by atoms with E-state index in [0.29, 0.717) is 0 Å². The highest BCUT2D eigenvalue weighted by Gasteiger charge is 2.09. The summed E-state index contributed by atoms with van der Waals surface area (Å²) in [6, 6.07) is 6.52. The van der Waals surface area contributed by atoms with Crippen LogP contribution in [0.15, 0.2) is 18.2 Å². The second kappa shape index (κ2) is 8.28. The van der Waals surface area contributed by atoms with Crippen LogP contribution in [0.4, 0.5) is 0 Å². The molecule has 1 aromatic rings. The molecule has 1 heterocycles. The number of benzene rings is 1. The van der Waals surface area contributed by atoms with Crippen LogP contribution < -0.4 is 10.1 Å². The number of rotatable bonds is 7. The summed E-state index contributed by atoms with van der Waals surface area (Å²) < 4.78 is 5.68. The highest BCUT2D eigenvalue weighted by Crippen LogP contribution is 2.19. The maximum absolute atomic E-state index is 5.68. The van der Waals surface area contributed by atoms with Crippen LogP contribution in [-0.4, -0.2) is 44.2 Å². The Labute approximate surface area is 123 Å². The van der Waals surface area contributed by atoms with Gasteiger partial charge in [0.1, 0.15) is 5.75 Å². The largest absolute Gasteiger partial charge is 0.494 e. The smallest absolute Gasteiger partial charge is 0.119 e. The number of aryl methyl sites for hydroxylation is 2. The van der Waals surface area contributed by atoms with Gasteiger partial charge in [0.2, 0.25) is 0 Å². The summed E-state index contributed by atoms with van der Waals surface area (Å²) >= 11 is 0. The third kappa shape index (κ3) is 4.80. The van der Waals surface area contributed by atoms with Gasteiger partial charge in [-0.25, -0.2) is 0 Å². The van der Waals surface area contributed by atoms with Crippen molar-refractivity contribution in [2.45, 2.75) is 33.1 Å². The summed E-state index contributed by atoms with van der Waals surface area (Å²) in [6.07, 6.45) is 3.48. The van der Waals surface area contributed by atoms with Crippen LogP contribution in [-0.2, 0) is 6.42 Å². The summed E-state index contributed by atoms with van der Waals surface area (Å²) in [4.78, 5) is 2.56. The predicted molar refractivity (Wildman–Crippen MR) is 84.6 cm³/mol. The van der Waals surface area contributed by atoms with Crippen LogP contribution in [0, 0.1) is 6.92 Å². The Kier molecular flexibility index (Phi) is 6.34. The van der Waals surface area contributed by atoms with Gasteiger partial charge in [-0.05, 0) is 56.0 Å². The molecule has 0 radical (unpaired) electrons. The molecule has 1 saturated heterocycles. The molecular formula is C17H28N2O. The molecule has 3 heteroatoms. The van der Waals surface area contributed by atoms with Crippen LogP contribution in [0.1, 0.15) is 30.9 Å². The molecule has 0 unspecified atom stereocenters. The standard InChI is InChI=1S/C17H28N2O/c1-3-13-20-17-7-6-16(15(2)14-17)5-4-10-19-11-8-18-9-12-19/h6-7,14,18H,3-5,8-13H2,1-2H3. The van der Waals surface area contributed by atoms with E-state index in [9.17, 15) is 0 Å². The minimum Gasteiger partial charge on any atom is -0.494 e. The minimum atomic E-state index is 0.807. The molecule has 0 saturated carbocycles. The number of piperazine rings is 1. The van der Waals surface area contributed by atoms with E-state index in [1.807, 2.05) is 0 Å². The van der Waals surface area contributed by atoms with Gasteiger partial charge in [-0.1, -0.05) is 13.0 Å². The zero-order valence-corrected chi connectivity index (χ0v) is 13.0. The molecule has 0 bridgehead atoms. The van der Waals surface area contributed by atoms with Crippen LogP contribution in [0.3, 0.4) is 0 Å². The molecule has 1 N–H and O–H groups in total. The van der Waals surface area contributed by atoms with Crippen molar-refractivity contribution in [1.29, 1.82) is 0 Å². The molecule has 0 atom stereocenters. The van der Waals surface area contributed by atoms with Crippen molar-refractivity contribution < 1.29 is 4.74 Å². The van der Waals surface area contributed by atoms with E-state index >= 15 is 0 Å². The first-order valence-corrected chi connectivity index (χ1v) is 7.95. The molecule has 0 amide bonds. The maximum atomic E-state index is 5.68. The Morgan fingerprint density at radius 3 is 2.75 bits per heavy atom. The van der Waals surface area contributed by atoms with Crippen LogP contribution in [0.5, 0.6) is 5.75 Å². The lowest BCUT2D eigenvalue weighted by Crippen LogP contribution is -2.43. The Balaban J connectivity index is 1.77. The Hall–Kier alpha value is -1.06. The van der Waals surface area contributed by atoms with Crippen molar-refractivity contribution in [3.05, 3.63) is 29.3 Å². The first kappa shape index (κ1) is 15.3. The molecule has 1 aromatic carbocycles. The number of hydrogen-bond donors (Lipinski definition) is 1. The molecule has 3 nitrogen and oxygen atoms in total. The van der Waals surface area contributed by atoms with Gasteiger partial charge < -0.3 is 15.0 Å². The molecule has 1 fully saturated rings. The summed E-state index contributed by atoms with van der Waals surface area (Å²) in [6.45, 7) is 11.0. The fourth-order valence-electron chi connectivity index (χ4n) is 2.69. The predicted octanol–water partition coefficient (Wildman–Crippen LogP) is 2.62. The topological polar surface area (TPSA) is 24.5 Å². The van der Waals surface area contributed by atoms with Gasteiger partial charge in [0.05, 0.1) is 6.61 Å². The quantitative estimate of drug-likeness (QED) is 0.828. The first-order chi connectivity index (χ1) is 9.79. The van der Waals surface area contributed by atoms with Gasteiger partial charge in [0.25, 0.3) is 0 Å². The van der Waals surface area contributed by atoms with Gasteiger partial charge in [-0.15, -0.1) is 0 Å². The zero-order valence-electron chi connectivity index (χ0n) is 13.0. The van der Waals surface area contributed by atoms with E-state index in [0.717, 1.165) is 31.9 Å². The van der Waals surface area contributed by atoms with Gasteiger partial charge in [-0.3, -0.25) is 0 Å².